The van der Waals surface area contributed by atoms with E-state index in [1.807, 2.05) is 6.92 Å². The minimum Gasteiger partial charge on any atom is -0.503 e. The van der Waals surface area contributed by atoms with Gasteiger partial charge in [0.2, 0.25) is 0 Å². The van der Waals surface area contributed by atoms with E-state index in [0.29, 0.717) is 5.69 Å². The van der Waals surface area contributed by atoms with Crippen LogP contribution in [0.3, 0.4) is 0 Å². The maximum absolute atomic E-state index is 13.4. The molecular weight excluding hydrogens is 451 g/mol. The molecule has 1 atom stereocenters. The summed E-state index contributed by atoms with van der Waals surface area (Å²) in [5, 5.41) is 18.6. The number of amides is 1. The molecule has 10 heteroatoms. The number of carbonyl (C=O) groups excluding carboxylic acids is 2. The molecule has 7 nitrogen and oxygen atoms in total. The first-order valence-corrected chi connectivity index (χ1v) is 10.1. The van der Waals surface area contributed by atoms with Crippen LogP contribution in [0.2, 0.25) is 0 Å². The van der Waals surface area contributed by atoms with Gasteiger partial charge >= 0.3 is 6.36 Å². The highest BCUT2D eigenvalue weighted by Crippen LogP contribution is 2.41. The second kappa shape index (κ2) is 8.62. The summed E-state index contributed by atoms with van der Waals surface area (Å²) >= 11 is 0. The van der Waals surface area contributed by atoms with Crippen molar-refractivity contribution in [1.82, 2.24) is 10.2 Å². The molecule has 2 heterocycles. The quantitative estimate of drug-likeness (QED) is 0.541. The Bertz CT molecular complexity index is 1270. The molecule has 3 aromatic rings. The van der Waals surface area contributed by atoms with Gasteiger partial charge in [0.15, 0.2) is 17.4 Å². The van der Waals surface area contributed by atoms with Gasteiger partial charge in [-0.2, -0.15) is 5.10 Å². The summed E-state index contributed by atoms with van der Waals surface area (Å²) in [7, 11) is 0. The second-order valence-corrected chi connectivity index (χ2v) is 7.68. The van der Waals surface area contributed by atoms with Crippen LogP contribution >= 0.6 is 0 Å². The molecule has 1 amide bonds. The van der Waals surface area contributed by atoms with Crippen molar-refractivity contribution in [2.24, 2.45) is 0 Å². The zero-order valence-electron chi connectivity index (χ0n) is 18.0. The minimum absolute atomic E-state index is 0.0643. The van der Waals surface area contributed by atoms with Crippen LogP contribution in [0.4, 0.5) is 19.0 Å². The minimum atomic E-state index is -4.88. The summed E-state index contributed by atoms with van der Waals surface area (Å²) in [6.07, 6.45) is -4.88. The van der Waals surface area contributed by atoms with Crippen molar-refractivity contribution in [1.29, 1.82) is 0 Å². The van der Waals surface area contributed by atoms with Crippen molar-refractivity contribution in [3.63, 3.8) is 0 Å². The molecular formula is C24H18F3N3O4. The van der Waals surface area contributed by atoms with Crippen LogP contribution < -0.4 is 9.64 Å². The summed E-state index contributed by atoms with van der Waals surface area (Å²) in [4.78, 5) is 27.5. The number of rotatable bonds is 5. The highest BCUT2D eigenvalue weighted by molar-refractivity contribution is 6.20. The van der Waals surface area contributed by atoms with Crippen LogP contribution in [0, 0.1) is 13.8 Å². The SMILES string of the molecule is Cc1ccc(C(=O)C2=C(O)C(=O)N(c3ccc(C)nn3)C2c2ccc(OC(F)(F)F)cc2)cc1. The van der Waals surface area contributed by atoms with E-state index in [1.165, 1.54) is 18.2 Å². The van der Waals surface area contributed by atoms with Gasteiger partial charge in [-0.15, -0.1) is 18.3 Å². The van der Waals surface area contributed by atoms with Gasteiger partial charge in [-0.3, -0.25) is 14.5 Å². The Morgan fingerprint density at radius 3 is 2.18 bits per heavy atom. The number of aromatic nitrogens is 2. The predicted octanol–water partition coefficient (Wildman–Crippen LogP) is 4.77. The van der Waals surface area contributed by atoms with E-state index in [9.17, 15) is 27.9 Å². The first kappa shape index (κ1) is 23.0. The topological polar surface area (TPSA) is 92.6 Å². The number of ketones is 1. The molecule has 1 aliphatic heterocycles. The highest BCUT2D eigenvalue weighted by atomic mass is 19.4. The van der Waals surface area contributed by atoms with Crippen molar-refractivity contribution in [2.75, 3.05) is 4.90 Å². The van der Waals surface area contributed by atoms with Crippen molar-refractivity contribution >= 4 is 17.5 Å². The molecule has 0 saturated carbocycles. The molecule has 1 unspecified atom stereocenters. The molecule has 1 N–H and O–H groups in total. The fraction of sp³-hybridized carbons (Fsp3) is 0.167. The fourth-order valence-corrected chi connectivity index (χ4v) is 3.62. The number of benzene rings is 2. The molecule has 2 aromatic carbocycles. The number of anilines is 1. The first-order valence-electron chi connectivity index (χ1n) is 10.1. The van der Waals surface area contributed by atoms with E-state index in [2.05, 4.69) is 14.9 Å². The summed E-state index contributed by atoms with van der Waals surface area (Å²) in [5.41, 5.74) is 1.77. The number of Topliss-reactive ketones (excluding diaryl/α,β-unsaturated/α-hetero) is 1. The zero-order chi connectivity index (χ0) is 24.6. The molecule has 1 aromatic heterocycles. The highest BCUT2D eigenvalue weighted by Gasteiger charge is 2.45. The molecule has 34 heavy (non-hydrogen) atoms. The summed E-state index contributed by atoms with van der Waals surface area (Å²) < 4.78 is 41.6. The zero-order valence-corrected chi connectivity index (χ0v) is 18.0. The molecule has 174 valence electrons. The number of carbonyl (C=O) groups is 2. The van der Waals surface area contributed by atoms with Gasteiger partial charge in [0.05, 0.1) is 17.3 Å². The van der Waals surface area contributed by atoms with E-state index >= 15 is 0 Å². The lowest BCUT2D eigenvalue weighted by Crippen LogP contribution is -2.32. The Morgan fingerprint density at radius 2 is 1.62 bits per heavy atom. The Hall–Kier alpha value is -4.21. The first-order chi connectivity index (χ1) is 16.0. The summed E-state index contributed by atoms with van der Waals surface area (Å²) in [5.74, 6) is -2.66. The van der Waals surface area contributed by atoms with Crippen molar-refractivity contribution in [2.45, 2.75) is 26.3 Å². The van der Waals surface area contributed by atoms with Crippen LogP contribution in [-0.4, -0.2) is 33.4 Å². The molecule has 1 aliphatic rings. The lowest BCUT2D eigenvalue weighted by molar-refractivity contribution is -0.274. The summed E-state index contributed by atoms with van der Waals surface area (Å²) in [6.45, 7) is 3.54. The van der Waals surface area contributed by atoms with Crippen LogP contribution in [0.25, 0.3) is 0 Å². The largest absolute Gasteiger partial charge is 0.573 e. The van der Waals surface area contributed by atoms with E-state index in [0.717, 1.165) is 22.6 Å². The number of hydrogen-bond acceptors (Lipinski definition) is 6. The monoisotopic (exact) mass is 469 g/mol. The molecule has 0 fully saturated rings. The Balaban J connectivity index is 1.81. The molecule has 0 aliphatic carbocycles. The van der Waals surface area contributed by atoms with Gasteiger partial charge in [0, 0.05) is 5.56 Å². The van der Waals surface area contributed by atoms with Gasteiger partial charge in [0.25, 0.3) is 5.91 Å². The van der Waals surface area contributed by atoms with E-state index in [1.54, 1.807) is 37.3 Å². The third-order valence-electron chi connectivity index (χ3n) is 5.23. The maximum atomic E-state index is 13.4. The number of aliphatic hydroxyl groups is 1. The van der Waals surface area contributed by atoms with Gasteiger partial charge < -0.3 is 9.84 Å². The maximum Gasteiger partial charge on any atom is 0.573 e. The Kier molecular flexibility index (Phi) is 5.82. The number of ether oxygens (including phenoxy) is 1. The van der Waals surface area contributed by atoms with Crippen LogP contribution in [0.5, 0.6) is 5.75 Å². The Morgan fingerprint density at radius 1 is 0.971 bits per heavy atom. The van der Waals surface area contributed by atoms with Gasteiger partial charge in [-0.25, -0.2) is 0 Å². The molecule has 0 saturated heterocycles. The summed E-state index contributed by atoms with van der Waals surface area (Å²) in [6, 6.07) is 13.2. The van der Waals surface area contributed by atoms with Crippen LogP contribution in [-0.2, 0) is 4.79 Å². The normalized spacial score (nSPS) is 16.2. The molecule has 4 rings (SSSR count). The van der Waals surface area contributed by atoms with Gasteiger partial charge in [0.1, 0.15) is 5.75 Å². The van der Waals surface area contributed by atoms with E-state index in [-0.39, 0.29) is 22.5 Å². The smallest absolute Gasteiger partial charge is 0.503 e. The van der Waals surface area contributed by atoms with Crippen molar-refractivity contribution in [3.05, 3.63) is 94.4 Å². The van der Waals surface area contributed by atoms with Crippen LogP contribution in [0.1, 0.15) is 33.2 Å². The van der Waals surface area contributed by atoms with Crippen molar-refractivity contribution in [3.8, 4) is 5.75 Å². The average Bonchev–Trinajstić information content (AvgIpc) is 3.04. The fourth-order valence-electron chi connectivity index (χ4n) is 3.62. The molecule has 0 radical (unpaired) electrons. The Labute approximate surface area is 192 Å². The third kappa shape index (κ3) is 4.47. The van der Waals surface area contributed by atoms with Crippen LogP contribution in [0.15, 0.2) is 72.0 Å². The molecule has 0 spiro atoms. The van der Waals surface area contributed by atoms with E-state index < -0.39 is 35.6 Å². The predicted molar refractivity (Wildman–Crippen MR) is 115 cm³/mol. The number of aliphatic hydroxyl groups excluding tert-OH is 1. The average molecular weight is 469 g/mol. The number of aryl methyl sites for hydroxylation is 2. The second-order valence-electron chi connectivity index (χ2n) is 7.68. The van der Waals surface area contributed by atoms with E-state index in [4.69, 9.17) is 0 Å². The molecule has 0 bridgehead atoms. The number of alkyl halides is 3. The third-order valence-corrected chi connectivity index (χ3v) is 5.23. The number of halogens is 3. The standard InChI is InChI=1S/C24H18F3N3O4/c1-13-3-6-16(7-4-13)21(31)19-20(15-8-10-17(11-9-15)34-24(25,26)27)30(23(33)22(19)32)18-12-5-14(2)28-29-18/h3-12,20,32H,1-2H3. The van der Waals surface area contributed by atoms with Crippen molar-refractivity contribution < 1.29 is 32.6 Å². The number of hydrogen-bond donors (Lipinski definition) is 1. The van der Waals surface area contributed by atoms with Gasteiger partial charge in [-0.1, -0.05) is 42.0 Å². The lowest BCUT2D eigenvalue weighted by Gasteiger charge is -2.25. The van der Waals surface area contributed by atoms with Gasteiger partial charge in [-0.05, 0) is 43.7 Å². The number of nitrogens with zero attached hydrogens (tertiary/aromatic N) is 3. The lowest BCUT2D eigenvalue weighted by atomic mass is 9.92.